The van der Waals surface area contributed by atoms with E-state index in [-0.39, 0.29) is 0 Å². The Morgan fingerprint density at radius 2 is 1.65 bits per heavy atom. The fourth-order valence-electron chi connectivity index (χ4n) is 5.21. The van der Waals surface area contributed by atoms with Gasteiger partial charge in [-0.15, -0.1) is 0 Å². The maximum absolute atomic E-state index is 6.23. The van der Waals surface area contributed by atoms with Crippen molar-refractivity contribution in [1.82, 2.24) is 5.32 Å². The first-order valence-electron chi connectivity index (χ1n) is 7.65. The van der Waals surface area contributed by atoms with Gasteiger partial charge in [-0.1, -0.05) is 6.92 Å². The molecule has 0 heterocycles. The molecule has 0 radical (unpaired) electrons. The van der Waals surface area contributed by atoms with E-state index in [1.165, 1.54) is 38.5 Å². The molecule has 3 N–H and O–H groups in total. The number of hydrogen-bond acceptors (Lipinski definition) is 2. The van der Waals surface area contributed by atoms with E-state index in [9.17, 15) is 0 Å². The molecule has 4 saturated carbocycles. The zero-order valence-corrected chi connectivity index (χ0v) is 11.4. The highest BCUT2D eigenvalue weighted by atomic mass is 15.1. The van der Waals surface area contributed by atoms with Crippen LogP contribution in [-0.2, 0) is 0 Å². The van der Waals surface area contributed by atoms with Gasteiger partial charge in [0.15, 0.2) is 0 Å². The van der Waals surface area contributed by atoms with Crippen molar-refractivity contribution in [1.29, 1.82) is 0 Å². The fraction of sp³-hybridized carbons (Fsp3) is 1.00. The fourth-order valence-corrected chi connectivity index (χ4v) is 5.21. The average Bonchev–Trinajstić information content (AvgIpc) is 2.33. The highest BCUT2D eigenvalue weighted by molar-refractivity contribution is 5.12. The van der Waals surface area contributed by atoms with Gasteiger partial charge < -0.3 is 11.1 Å². The first kappa shape index (κ1) is 12.0. The Hall–Kier alpha value is -0.0800. The topological polar surface area (TPSA) is 38.0 Å². The standard InChI is InChI=1S/C15H28N2/c1-3-10(2)17-15(9-16)13-5-11-4-12(7-13)8-14(15)6-11/h10-14,17H,3-9,16H2,1-2H3. The van der Waals surface area contributed by atoms with E-state index in [1.807, 2.05) is 0 Å². The Balaban J connectivity index is 1.84. The van der Waals surface area contributed by atoms with Crippen LogP contribution in [0, 0.1) is 23.7 Å². The Morgan fingerprint density at radius 1 is 1.12 bits per heavy atom. The summed E-state index contributed by atoms with van der Waals surface area (Å²) in [6, 6.07) is 0.621. The number of nitrogens with two attached hydrogens (primary N) is 1. The monoisotopic (exact) mass is 236 g/mol. The quantitative estimate of drug-likeness (QED) is 0.787. The SMILES string of the molecule is CCC(C)NC1(CN)C2CC3CC(C2)CC1C3. The molecule has 4 bridgehead atoms. The summed E-state index contributed by atoms with van der Waals surface area (Å²) in [5, 5.41) is 3.95. The second kappa shape index (κ2) is 4.24. The molecule has 0 aromatic heterocycles. The van der Waals surface area contributed by atoms with E-state index in [2.05, 4.69) is 19.2 Å². The lowest BCUT2D eigenvalue weighted by atomic mass is 9.48. The molecule has 2 nitrogen and oxygen atoms in total. The minimum Gasteiger partial charge on any atom is -0.329 e. The van der Waals surface area contributed by atoms with Gasteiger partial charge in [0, 0.05) is 18.1 Å². The lowest BCUT2D eigenvalue weighted by Gasteiger charge is -2.62. The van der Waals surface area contributed by atoms with Crippen LogP contribution in [0.15, 0.2) is 0 Å². The van der Waals surface area contributed by atoms with E-state index >= 15 is 0 Å². The number of hydrogen-bond donors (Lipinski definition) is 2. The van der Waals surface area contributed by atoms with Crippen LogP contribution in [0.3, 0.4) is 0 Å². The highest BCUT2D eigenvalue weighted by Crippen LogP contribution is 2.58. The lowest BCUT2D eigenvalue weighted by molar-refractivity contribution is -0.0733. The Kier molecular flexibility index (Phi) is 2.99. The molecular weight excluding hydrogens is 208 g/mol. The van der Waals surface area contributed by atoms with E-state index in [4.69, 9.17) is 5.73 Å². The molecule has 1 unspecified atom stereocenters. The molecule has 0 aromatic carbocycles. The van der Waals surface area contributed by atoms with Gasteiger partial charge in [-0.25, -0.2) is 0 Å². The summed E-state index contributed by atoms with van der Waals surface area (Å²) in [7, 11) is 0. The molecule has 0 saturated heterocycles. The van der Waals surface area contributed by atoms with E-state index in [0.29, 0.717) is 11.6 Å². The van der Waals surface area contributed by atoms with Crippen molar-refractivity contribution in [2.45, 2.75) is 64.0 Å². The van der Waals surface area contributed by atoms with Crippen molar-refractivity contribution in [2.75, 3.05) is 6.54 Å². The molecule has 4 fully saturated rings. The Bertz CT molecular complexity index is 259. The van der Waals surface area contributed by atoms with Crippen molar-refractivity contribution in [3.05, 3.63) is 0 Å². The summed E-state index contributed by atoms with van der Waals surface area (Å²) in [4.78, 5) is 0. The van der Waals surface area contributed by atoms with Gasteiger partial charge in [0.25, 0.3) is 0 Å². The number of rotatable bonds is 4. The Labute approximate surface area is 106 Å². The van der Waals surface area contributed by atoms with Crippen LogP contribution in [0.5, 0.6) is 0 Å². The summed E-state index contributed by atoms with van der Waals surface area (Å²) < 4.78 is 0. The van der Waals surface area contributed by atoms with E-state index in [1.54, 1.807) is 0 Å². The van der Waals surface area contributed by atoms with Gasteiger partial charge >= 0.3 is 0 Å². The van der Waals surface area contributed by atoms with Crippen molar-refractivity contribution >= 4 is 0 Å². The molecular formula is C15H28N2. The molecule has 17 heavy (non-hydrogen) atoms. The zero-order valence-electron chi connectivity index (χ0n) is 11.4. The van der Waals surface area contributed by atoms with Crippen LogP contribution in [0.2, 0.25) is 0 Å². The predicted octanol–water partition coefficient (Wildman–Crippen LogP) is 2.53. The normalized spacial score (nSPS) is 49.6. The van der Waals surface area contributed by atoms with Crippen LogP contribution in [0.25, 0.3) is 0 Å². The van der Waals surface area contributed by atoms with E-state index in [0.717, 1.165) is 30.2 Å². The molecule has 98 valence electrons. The third-order valence-electron chi connectivity index (χ3n) is 6.06. The highest BCUT2D eigenvalue weighted by Gasteiger charge is 2.56. The molecule has 4 aliphatic carbocycles. The maximum Gasteiger partial charge on any atom is 0.0363 e. The van der Waals surface area contributed by atoms with Gasteiger partial charge in [0.05, 0.1) is 0 Å². The largest absolute Gasteiger partial charge is 0.329 e. The minimum absolute atomic E-state index is 0.294. The second-order valence-corrected chi connectivity index (χ2v) is 7.00. The lowest BCUT2D eigenvalue weighted by Crippen LogP contribution is -2.69. The summed E-state index contributed by atoms with van der Waals surface area (Å²) in [6.45, 7) is 5.45. The van der Waals surface area contributed by atoms with Crippen LogP contribution in [-0.4, -0.2) is 18.1 Å². The van der Waals surface area contributed by atoms with Gasteiger partial charge in [0.1, 0.15) is 0 Å². The summed E-state index contributed by atoms with van der Waals surface area (Å²) in [5.74, 6) is 3.82. The first-order valence-corrected chi connectivity index (χ1v) is 7.65. The molecule has 0 amide bonds. The van der Waals surface area contributed by atoms with Gasteiger partial charge in [-0.05, 0) is 69.1 Å². The summed E-state index contributed by atoms with van der Waals surface area (Å²) >= 11 is 0. The van der Waals surface area contributed by atoms with E-state index < -0.39 is 0 Å². The second-order valence-electron chi connectivity index (χ2n) is 7.00. The zero-order chi connectivity index (χ0) is 12.0. The van der Waals surface area contributed by atoms with Crippen molar-refractivity contribution < 1.29 is 0 Å². The number of nitrogens with one attached hydrogen (secondary N) is 1. The molecule has 0 spiro atoms. The van der Waals surface area contributed by atoms with Crippen molar-refractivity contribution in [3.63, 3.8) is 0 Å². The molecule has 4 rings (SSSR count). The predicted molar refractivity (Wildman–Crippen MR) is 71.7 cm³/mol. The van der Waals surface area contributed by atoms with Crippen LogP contribution in [0.4, 0.5) is 0 Å². The van der Waals surface area contributed by atoms with Crippen LogP contribution in [0.1, 0.15) is 52.4 Å². The minimum atomic E-state index is 0.294. The van der Waals surface area contributed by atoms with Crippen molar-refractivity contribution in [3.8, 4) is 0 Å². The summed E-state index contributed by atoms with van der Waals surface area (Å²) in [6.07, 6.45) is 8.55. The first-order chi connectivity index (χ1) is 8.18. The molecule has 0 aromatic rings. The van der Waals surface area contributed by atoms with Gasteiger partial charge in [0.2, 0.25) is 0 Å². The third kappa shape index (κ3) is 1.76. The molecule has 2 heteroatoms. The average molecular weight is 236 g/mol. The molecule has 4 aliphatic rings. The Morgan fingerprint density at radius 3 is 2.06 bits per heavy atom. The van der Waals surface area contributed by atoms with Gasteiger partial charge in [-0.2, -0.15) is 0 Å². The smallest absolute Gasteiger partial charge is 0.0363 e. The summed E-state index contributed by atoms with van der Waals surface area (Å²) in [5.41, 5.74) is 6.52. The third-order valence-corrected chi connectivity index (χ3v) is 6.06. The maximum atomic E-state index is 6.23. The van der Waals surface area contributed by atoms with Crippen molar-refractivity contribution in [2.24, 2.45) is 29.4 Å². The van der Waals surface area contributed by atoms with Crippen LogP contribution < -0.4 is 11.1 Å². The van der Waals surface area contributed by atoms with Crippen LogP contribution >= 0.6 is 0 Å². The molecule has 1 atom stereocenters. The molecule has 0 aliphatic heterocycles. The van der Waals surface area contributed by atoms with Gasteiger partial charge in [-0.3, -0.25) is 0 Å².